The third-order valence-corrected chi connectivity index (χ3v) is 3.81. The molecule has 1 fully saturated rings. The van der Waals surface area contributed by atoms with Crippen molar-refractivity contribution >= 4 is 0 Å². The highest BCUT2D eigenvalue weighted by molar-refractivity contribution is 4.92. The van der Waals surface area contributed by atoms with Gasteiger partial charge in [-0.1, -0.05) is 20.8 Å². The highest BCUT2D eigenvalue weighted by Crippen LogP contribution is 2.19. The first-order valence-electron chi connectivity index (χ1n) is 7.88. The van der Waals surface area contributed by atoms with E-state index < -0.39 is 0 Å². The van der Waals surface area contributed by atoms with E-state index >= 15 is 0 Å². The smallest absolute Gasteiger partial charge is 0.138 e. The van der Waals surface area contributed by atoms with Crippen molar-refractivity contribution in [2.45, 2.75) is 52.6 Å². The Labute approximate surface area is 122 Å². The van der Waals surface area contributed by atoms with E-state index in [2.05, 4.69) is 40.9 Å². The van der Waals surface area contributed by atoms with Gasteiger partial charge in [0.2, 0.25) is 0 Å². The molecule has 0 spiro atoms. The molecule has 114 valence electrons. The molecule has 1 saturated heterocycles. The second-order valence-electron chi connectivity index (χ2n) is 6.14. The van der Waals surface area contributed by atoms with E-state index in [4.69, 9.17) is 4.74 Å². The van der Waals surface area contributed by atoms with Crippen LogP contribution in [-0.2, 0) is 17.7 Å². The van der Waals surface area contributed by atoms with E-state index in [0.717, 1.165) is 45.0 Å². The number of nitrogens with zero attached hydrogens (tertiary/aromatic N) is 3. The van der Waals surface area contributed by atoms with Gasteiger partial charge in [-0.2, -0.15) is 5.10 Å². The fourth-order valence-electron chi connectivity index (χ4n) is 2.78. The molecule has 2 heterocycles. The standard InChI is InChI=1S/C15H28N4O/c1-4-6-16-14-5-7-20-10-13(14)8-15-17-11-18-19(15)9-12(2)3/h11-14,16H,4-10H2,1-3H3. The summed E-state index contributed by atoms with van der Waals surface area (Å²) in [7, 11) is 0. The maximum atomic E-state index is 5.66. The van der Waals surface area contributed by atoms with Gasteiger partial charge >= 0.3 is 0 Å². The number of nitrogens with one attached hydrogen (secondary N) is 1. The zero-order valence-corrected chi connectivity index (χ0v) is 13.0. The Bertz CT molecular complexity index is 391. The van der Waals surface area contributed by atoms with Crippen LogP contribution in [0.25, 0.3) is 0 Å². The zero-order valence-electron chi connectivity index (χ0n) is 13.0. The van der Waals surface area contributed by atoms with Crippen LogP contribution >= 0.6 is 0 Å². The van der Waals surface area contributed by atoms with E-state index in [1.165, 1.54) is 6.42 Å². The van der Waals surface area contributed by atoms with Crippen LogP contribution in [0.4, 0.5) is 0 Å². The first-order chi connectivity index (χ1) is 9.70. The van der Waals surface area contributed by atoms with Crippen LogP contribution in [0.1, 0.15) is 39.4 Å². The lowest BCUT2D eigenvalue weighted by Crippen LogP contribution is -2.44. The number of hydrogen-bond acceptors (Lipinski definition) is 4. The van der Waals surface area contributed by atoms with Crippen molar-refractivity contribution in [3.63, 3.8) is 0 Å². The normalized spacial score (nSPS) is 23.4. The molecule has 1 aliphatic rings. The predicted octanol–water partition coefficient (Wildman–Crippen LogP) is 1.88. The molecular weight excluding hydrogens is 252 g/mol. The minimum absolute atomic E-state index is 0.505. The molecule has 1 aromatic heterocycles. The van der Waals surface area contributed by atoms with E-state index in [1.54, 1.807) is 6.33 Å². The Morgan fingerprint density at radius 3 is 3.10 bits per heavy atom. The molecule has 1 aromatic rings. The summed E-state index contributed by atoms with van der Waals surface area (Å²) in [4.78, 5) is 4.45. The number of rotatable bonds is 7. The Balaban J connectivity index is 1.97. The lowest BCUT2D eigenvalue weighted by Gasteiger charge is -2.32. The van der Waals surface area contributed by atoms with Crippen LogP contribution in [-0.4, -0.2) is 40.6 Å². The van der Waals surface area contributed by atoms with E-state index in [9.17, 15) is 0 Å². The predicted molar refractivity (Wildman–Crippen MR) is 79.6 cm³/mol. The third-order valence-electron chi connectivity index (χ3n) is 3.81. The minimum atomic E-state index is 0.505. The van der Waals surface area contributed by atoms with Crippen LogP contribution in [0.2, 0.25) is 0 Å². The fraction of sp³-hybridized carbons (Fsp3) is 0.867. The number of aromatic nitrogens is 3. The monoisotopic (exact) mass is 280 g/mol. The average molecular weight is 280 g/mol. The molecule has 0 radical (unpaired) electrons. The lowest BCUT2D eigenvalue weighted by molar-refractivity contribution is 0.0311. The maximum absolute atomic E-state index is 5.66. The van der Waals surface area contributed by atoms with E-state index in [1.807, 2.05) is 0 Å². The second kappa shape index (κ2) is 7.74. The second-order valence-corrected chi connectivity index (χ2v) is 6.14. The lowest BCUT2D eigenvalue weighted by atomic mass is 9.92. The van der Waals surface area contributed by atoms with Crippen molar-refractivity contribution in [2.24, 2.45) is 11.8 Å². The van der Waals surface area contributed by atoms with Gasteiger partial charge < -0.3 is 10.1 Å². The molecule has 5 nitrogen and oxygen atoms in total. The van der Waals surface area contributed by atoms with Gasteiger partial charge in [-0.3, -0.25) is 0 Å². The molecule has 0 bridgehead atoms. The molecule has 2 unspecified atom stereocenters. The topological polar surface area (TPSA) is 52.0 Å². The van der Waals surface area contributed by atoms with Gasteiger partial charge in [0, 0.05) is 31.5 Å². The summed E-state index contributed by atoms with van der Waals surface area (Å²) in [6.45, 7) is 10.4. The Morgan fingerprint density at radius 1 is 1.50 bits per heavy atom. The van der Waals surface area contributed by atoms with Gasteiger partial charge in [0.1, 0.15) is 12.2 Å². The summed E-state index contributed by atoms with van der Waals surface area (Å²) in [5.74, 6) is 2.19. The summed E-state index contributed by atoms with van der Waals surface area (Å²) < 4.78 is 7.72. The molecule has 5 heteroatoms. The van der Waals surface area contributed by atoms with Crippen molar-refractivity contribution in [3.05, 3.63) is 12.2 Å². The molecule has 2 rings (SSSR count). The number of ether oxygens (including phenoxy) is 1. The Hall–Kier alpha value is -0.940. The van der Waals surface area contributed by atoms with Crippen molar-refractivity contribution in [1.29, 1.82) is 0 Å². The molecule has 0 amide bonds. The molecule has 2 atom stereocenters. The highest BCUT2D eigenvalue weighted by atomic mass is 16.5. The van der Waals surface area contributed by atoms with E-state index in [-0.39, 0.29) is 0 Å². The van der Waals surface area contributed by atoms with Crippen molar-refractivity contribution in [1.82, 2.24) is 20.1 Å². The molecule has 0 aromatic carbocycles. The van der Waals surface area contributed by atoms with E-state index in [0.29, 0.717) is 17.9 Å². The van der Waals surface area contributed by atoms with Crippen molar-refractivity contribution < 1.29 is 4.74 Å². The molecule has 1 aliphatic heterocycles. The summed E-state index contributed by atoms with van der Waals surface area (Å²) >= 11 is 0. The summed E-state index contributed by atoms with van der Waals surface area (Å²) in [5, 5.41) is 8.01. The van der Waals surface area contributed by atoms with Gasteiger partial charge in [0.05, 0.1) is 6.61 Å². The average Bonchev–Trinajstić information content (AvgIpc) is 2.84. The largest absolute Gasteiger partial charge is 0.381 e. The van der Waals surface area contributed by atoms with Crippen LogP contribution in [0.15, 0.2) is 6.33 Å². The maximum Gasteiger partial charge on any atom is 0.138 e. The SMILES string of the molecule is CCCNC1CCOCC1Cc1ncnn1CC(C)C. The quantitative estimate of drug-likeness (QED) is 0.828. The first-order valence-corrected chi connectivity index (χ1v) is 7.88. The van der Waals surface area contributed by atoms with Crippen molar-refractivity contribution in [3.8, 4) is 0 Å². The van der Waals surface area contributed by atoms with Crippen molar-refractivity contribution in [2.75, 3.05) is 19.8 Å². The zero-order chi connectivity index (χ0) is 14.4. The van der Waals surface area contributed by atoms with Crippen LogP contribution in [0, 0.1) is 11.8 Å². The summed E-state index contributed by atoms with van der Waals surface area (Å²) in [6, 6.07) is 0.549. The molecule has 0 aliphatic carbocycles. The van der Waals surface area contributed by atoms with Crippen LogP contribution in [0.5, 0.6) is 0 Å². The first kappa shape index (κ1) is 15.4. The molecule has 0 saturated carbocycles. The Kier molecular flexibility index (Phi) is 5.98. The van der Waals surface area contributed by atoms with Gasteiger partial charge in [-0.05, 0) is 25.3 Å². The molecule has 20 heavy (non-hydrogen) atoms. The van der Waals surface area contributed by atoms with Crippen LogP contribution < -0.4 is 5.32 Å². The van der Waals surface area contributed by atoms with Gasteiger partial charge in [0.25, 0.3) is 0 Å². The highest BCUT2D eigenvalue weighted by Gasteiger charge is 2.27. The fourth-order valence-corrected chi connectivity index (χ4v) is 2.78. The summed E-state index contributed by atoms with van der Waals surface area (Å²) in [5.41, 5.74) is 0. The summed E-state index contributed by atoms with van der Waals surface area (Å²) in [6.07, 6.45) is 4.90. The van der Waals surface area contributed by atoms with Gasteiger partial charge in [-0.25, -0.2) is 9.67 Å². The molecular formula is C15H28N4O. The van der Waals surface area contributed by atoms with Gasteiger partial charge in [0.15, 0.2) is 0 Å². The van der Waals surface area contributed by atoms with Gasteiger partial charge in [-0.15, -0.1) is 0 Å². The Morgan fingerprint density at radius 2 is 2.35 bits per heavy atom. The van der Waals surface area contributed by atoms with Crippen LogP contribution in [0.3, 0.4) is 0 Å². The molecule has 1 N–H and O–H groups in total. The third kappa shape index (κ3) is 4.28. The number of hydrogen-bond donors (Lipinski definition) is 1. The minimum Gasteiger partial charge on any atom is -0.381 e.